The number of benzene rings is 1. The molecule has 0 amide bonds. The van der Waals surface area contributed by atoms with Gasteiger partial charge in [-0.15, -0.1) is 0 Å². The van der Waals surface area contributed by atoms with Crippen LogP contribution in [0.15, 0.2) is 47.1 Å². The molecule has 1 aromatic carbocycles. The highest BCUT2D eigenvalue weighted by Gasteiger charge is 2.12. The van der Waals surface area contributed by atoms with E-state index < -0.39 is 0 Å². The van der Waals surface area contributed by atoms with Gasteiger partial charge < -0.3 is 9.73 Å². The number of furan rings is 1. The molecule has 0 radical (unpaired) electrons. The Labute approximate surface area is 115 Å². The van der Waals surface area contributed by atoms with E-state index in [9.17, 15) is 0 Å². The Balaban J connectivity index is 1.97. The van der Waals surface area contributed by atoms with Gasteiger partial charge in [0.15, 0.2) is 0 Å². The molecule has 2 heteroatoms. The maximum Gasteiger partial charge on any atom is 0.120 e. The first-order chi connectivity index (χ1) is 9.20. The third kappa shape index (κ3) is 3.71. The first kappa shape index (κ1) is 13.9. The highest BCUT2D eigenvalue weighted by Crippen LogP contribution is 2.20. The van der Waals surface area contributed by atoms with Gasteiger partial charge in [0, 0.05) is 6.04 Å². The molecule has 0 saturated heterocycles. The van der Waals surface area contributed by atoms with Gasteiger partial charge in [-0.1, -0.05) is 37.6 Å². The standard InChI is InChI=1S/C17H23NO/c1-4-6-15-8-10-16(11-9-15)13(2)18-14(3)17-7-5-12-19-17/h5,7-14,18H,4,6H2,1-3H3/t13?,14-/m0/s1. The lowest BCUT2D eigenvalue weighted by Gasteiger charge is -2.19. The number of rotatable bonds is 6. The molecule has 0 aliphatic heterocycles. The van der Waals surface area contributed by atoms with Crippen LogP contribution in [0.2, 0.25) is 0 Å². The number of hydrogen-bond donors (Lipinski definition) is 1. The van der Waals surface area contributed by atoms with E-state index in [4.69, 9.17) is 4.42 Å². The van der Waals surface area contributed by atoms with Crippen LogP contribution < -0.4 is 5.32 Å². The highest BCUT2D eigenvalue weighted by atomic mass is 16.3. The molecule has 1 unspecified atom stereocenters. The van der Waals surface area contributed by atoms with E-state index >= 15 is 0 Å². The van der Waals surface area contributed by atoms with Crippen LogP contribution in [0.5, 0.6) is 0 Å². The average Bonchev–Trinajstić information content (AvgIpc) is 2.94. The predicted octanol–water partition coefficient (Wildman–Crippen LogP) is 4.64. The van der Waals surface area contributed by atoms with Gasteiger partial charge in [0.2, 0.25) is 0 Å². The van der Waals surface area contributed by atoms with E-state index in [0.717, 1.165) is 12.2 Å². The zero-order chi connectivity index (χ0) is 13.7. The zero-order valence-corrected chi connectivity index (χ0v) is 12.0. The molecule has 2 atom stereocenters. The molecule has 0 bridgehead atoms. The van der Waals surface area contributed by atoms with Gasteiger partial charge in [0.1, 0.15) is 5.76 Å². The molecule has 1 aromatic heterocycles. The molecule has 2 aromatic rings. The minimum atomic E-state index is 0.223. The Kier molecular flexibility index (Phi) is 4.80. The van der Waals surface area contributed by atoms with E-state index in [1.165, 1.54) is 17.5 Å². The van der Waals surface area contributed by atoms with Crippen LogP contribution in [-0.2, 0) is 6.42 Å². The molecule has 102 valence electrons. The Morgan fingerprint density at radius 2 is 1.79 bits per heavy atom. The summed E-state index contributed by atoms with van der Waals surface area (Å²) >= 11 is 0. The molecule has 1 heterocycles. The number of nitrogens with one attached hydrogen (secondary N) is 1. The van der Waals surface area contributed by atoms with Crippen LogP contribution >= 0.6 is 0 Å². The molecule has 1 N–H and O–H groups in total. The Hall–Kier alpha value is -1.54. The summed E-state index contributed by atoms with van der Waals surface area (Å²) in [5, 5.41) is 3.56. The number of hydrogen-bond acceptors (Lipinski definition) is 2. The summed E-state index contributed by atoms with van der Waals surface area (Å²) in [7, 11) is 0. The van der Waals surface area contributed by atoms with E-state index in [1.54, 1.807) is 6.26 Å². The van der Waals surface area contributed by atoms with Crippen molar-refractivity contribution in [2.24, 2.45) is 0 Å². The first-order valence-corrected chi connectivity index (χ1v) is 7.09. The topological polar surface area (TPSA) is 25.2 Å². The third-order valence-corrected chi connectivity index (χ3v) is 3.49. The summed E-state index contributed by atoms with van der Waals surface area (Å²) in [6, 6.07) is 13.4. The Morgan fingerprint density at radius 3 is 2.37 bits per heavy atom. The van der Waals surface area contributed by atoms with Gasteiger partial charge >= 0.3 is 0 Å². The smallest absolute Gasteiger partial charge is 0.120 e. The van der Waals surface area contributed by atoms with Crippen molar-refractivity contribution in [3.63, 3.8) is 0 Å². The Morgan fingerprint density at radius 1 is 1.05 bits per heavy atom. The SMILES string of the molecule is CCCc1ccc(C(C)N[C@@H](C)c2ccco2)cc1. The maximum absolute atomic E-state index is 5.42. The van der Waals surface area contributed by atoms with Gasteiger partial charge in [-0.3, -0.25) is 0 Å². The molecule has 0 fully saturated rings. The average molecular weight is 257 g/mol. The largest absolute Gasteiger partial charge is 0.468 e. The fourth-order valence-corrected chi connectivity index (χ4v) is 2.35. The second-order valence-electron chi connectivity index (χ2n) is 5.12. The zero-order valence-electron chi connectivity index (χ0n) is 12.0. The maximum atomic E-state index is 5.42. The van der Waals surface area contributed by atoms with Crippen LogP contribution in [0, 0.1) is 0 Å². The molecule has 19 heavy (non-hydrogen) atoms. The number of aryl methyl sites for hydroxylation is 1. The summed E-state index contributed by atoms with van der Waals surface area (Å²) in [5.41, 5.74) is 2.73. The third-order valence-electron chi connectivity index (χ3n) is 3.49. The minimum absolute atomic E-state index is 0.223. The lowest BCUT2D eigenvalue weighted by Crippen LogP contribution is -2.22. The predicted molar refractivity (Wildman–Crippen MR) is 79.1 cm³/mol. The molecule has 0 spiro atoms. The fraction of sp³-hybridized carbons (Fsp3) is 0.412. The molecule has 0 saturated carbocycles. The van der Waals surface area contributed by atoms with Gasteiger partial charge in [-0.2, -0.15) is 0 Å². The van der Waals surface area contributed by atoms with Crippen LogP contribution in [0.25, 0.3) is 0 Å². The van der Waals surface area contributed by atoms with Gasteiger partial charge in [-0.25, -0.2) is 0 Å². The summed E-state index contributed by atoms with van der Waals surface area (Å²) in [4.78, 5) is 0. The van der Waals surface area contributed by atoms with Crippen LogP contribution in [0.3, 0.4) is 0 Å². The normalized spacial score (nSPS) is 14.3. The molecule has 0 aliphatic rings. The monoisotopic (exact) mass is 257 g/mol. The van der Waals surface area contributed by atoms with Crippen LogP contribution in [-0.4, -0.2) is 0 Å². The lowest BCUT2D eigenvalue weighted by atomic mass is 10.0. The Bertz CT molecular complexity index is 472. The lowest BCUT2D eigenvalue weighted by molar-refractivity contribution is 0.403. The van der Waals surface area contributed by atoms with Crippen molar-refractivity contribution in [3.05, 3.63) is 59.5 Å². The summed E-state index contributed by atoms with van der Waals surface area (Å²) < 4.78 is 5.42. The minimum Gasteiger partial charge on any atom is -0.468 e. The van der Waals surface area contributed by atoms with Crippen molar-refractivity contribution < 1.29 is 4.42 Å². The quantitative estimate of drug-likeness (QED) is 0.815. The molecule has 0 aliphatic carbocycles. The van der Waals surface area contributed by atoms with Crippen molar-refractivity contribution >= 4 is 0 Å². The second kappa shape index (κ2) is 6.58. The van der Waals surface area contributed by atoms with Crippen molar-refractivity contribution in [2.75, 3.05) is 0 Å². The molecular weight excluding hydrogens is 234 g/mol. The van der Waals surface area contributed by atoms with Crippen molar-refractivity contribution in [1.29, 1.82) is 0 Å². The molecular formula is C17H23NO. The summed E-state index contributed by atoms with van der Waals surface area (Å²) in [5.74, 6) is 0.981. The fourth-order valence-electron chi connectivity index (χ4n) is 2.35. The van der Waals surface area contributed by atoms with E-state index in [1.807, 2.05) is 12.1 Å². The highest BCUT2D eigenvalue weighted by molar-refractivity contribution is 5.25. The van der Waals surface area contributed by atoms with Gasteiger partial charge in [0.25, 0.3) is 0 Å². The van der Waals surface area contributed by atoms with Crippen molar-refractivity contribution in [1.82, 2.24) is 5.32 Å². The first-order valence-electron chi connectivity index (χ1n) is 7.09. The summed E-state index contributed by atoms with van der Waals surface area (Å²) in [6.07, 6.45) is 4.07. The molecule has 2 rings (SSSR count). The van der Waals surface area contributed by atoms with Crippen LogP contribution in [0.4, 0.5) is 0 Å². The van der Waals surface area contributed by atoms with Crippen LogP contribution in [0.1, 0.15) is 56.2 Å². The molecule has 2 nitrogen and oxygen atoms in total. The van der Waals surface area contributed by atoms with E-state index in [-0.39, 0.29) is 6.04 Å². The van der Waals surface area contributed by atoms with Crippen molar-refractivity contribution in [3.8, 4) is 0 Å². The van der Waals surface area contributed by atoms with Gasteiger partial charge in [0.05, 0.1) is 12.3 Å². The van der Waals surface area contributed by atoms with Gasteiger partial charge in [-0.05, 0) is 43.5 Å². The second-order valence-corrected chi connectivity index (χ2v) is 5.12. The summed E-state index contributed by atoms with van der Waals surface area (Å²) in [6.45, 7) is 6.53. The van der Waals surface area contributed by atoms with Crippen molar-refractivity contribution in [2.45, 2.75) is 45.7 Å². The van der Waals surface area contributed by atoms with E-state index in [0.29, 0.717) is 6.04 Å². The van der Waals surface area contributed by atoms with E-state index in [2.05, 4.69) is 50.4 Å².